The van der Waals surface area contributed by atoms with E-state index >= 15 is 9.59 Å². The van der Waals surface area contributed by atoms with E-state index in [1.807, 2.05) is 41.5 Å². The number of likely N-dealkylation sites (tertiary alicyclic amines) is 1. The Balaban J connectivity index is 1.61. The largest absolute Gasteiger partial charge is 0.393 e. The summed E-state index contributed by atoms with van der Waals surface area (Å²) in [6, 6.07) is -11.3. The van der Waals surface area contributed by atoms with E-state index in [0.717, 1.165) is 46.8 Å². The average molecular weight is 1440 g/mol. The van der Waals surface area contributed by atoms with Gasteiger partial charge < -0.3 is 60.9 Å². The van der Waals surface area contributed by atoms with Gasteiger partial charge >= 0.3 is 6.18 Å². The smallest absolute Gasteiger partial charge is 0.343 e. The van der Waals surface area contributed by atoms with E-state index in [2.05, 4.69) is 33.5 Å². The zero-order valence-corrected chi connectivity index (χ0v) is 63.3. The predicted molar refractivity (Wildman–Crippen MR) is 374 cm³/mol. The number of likely N-dealkylation sites (N-methyl/N-ethyl adjacent to an activating group) is 5. The highest BCUT2D eigenvalue weighted by atomic mass is 35.5. The number of carbonyl (C=O) groups is 12. The Labute approximate surface area is 596 Å². The number of hydrogen-bond donors (Lipinski definition) is 5. The summed E-state index contributed by atoms with van der Waals surface area (Å²) in [6.07, 6.45) is 2.36. The number of nitrogens with one attached hydrogen (secondary N) is 5. The Bertz CT molecular complexity index is 2850. The van der Waals surface area contributed by atoms with E-state index in [9.17, 15) is 61.1 Å². The first kappa shape index (κ1) is 84.4. The minimum absolute atomic E-state index is 0.00685. The second-order valence-corrected chi connectivity index (χ2v) is 31.6. The molecule has 0 radical (unpaired) electrons. The zero-order chi connectivity index (χ0) is 75.0. The Morgan fingerprint density at radius 3 is 1.78 bits per heavy atom. The lowest BCUT2D eigenvalue weighted by atomic mass is 9.78. The summed E-state index contributed by atoms with van der Waals surface area (Å²) in [7, 11) is 6.99. The van der Waals surface area contributed by atoms with Gasteiger partial charge in [0.25, 0.3) is 0 Å². The lowest BCUT2D eigenvalue weighted by molar-refractivity contribution is -0.182. The summed E-state index contributed by atoms with van der Waals surface area (Å²) in [5.74, 6) is -10.7. The highest BCUT2D eigenvalue weighted by Gasteiger charge is 2.49. The van der Waals surface area contributed by atoms with Gasteiger partial charge in [-0.15, -0.1) is 11.6 Å². The van der Waals surface area contributed by atoms with Gasteiger partial charge in [0.2, 0.25) is 70.9 Å². The molecule has 24 nitrogen and oxygen atoms in total. The molecule has 3 unspecified atom stereocenters. The molecule has 12 amide bonds. The summed E-state index contributed by atoms with van der Waals surface area (Å²) < 4.78 is 41.9. The van der Waals surface area contributed by atoms with Gasteiger partial charge in [-0.2, -0.15) is 13.2 Å². The van der Waals surface area contributed by atoms with Crippen molar-refractivity contribution in [3.63, 3.8) is 0 Å². The monoisotopic (exact) mass is 1440 g/mol. The van der Waals surface area contributed by atoms with Crippen molar-refractivity contribution in [3.8, 4) is 0 Å². The molecule has 0 bridgehead atoms. The Kier molecular flexibility index (Phi) is 31.9. The van der Waals surface area contributed by atoms with Crippen LogP contribution in [0.25, 0.3) is 0 Å². The number of carbonyl (C=O) groups excluding carboxylic acids is 12. The highest BCUT2D eigenvalue weighted by molar-refractivity contribution is 6.21. The van der Waals surface area contributed by atoms with Crippen molar-refractivity contribution in [3.05, 3.63) is 0 Å². The van der Waals surface area contributed by atoms with E-state index in [1.54, 1.807) is 11.8 Å². The molecule has 5 N–H and O–H groups in total. The Hall–Kier alpha value is -6.28. The van der Waals surface area contributed by atoms with Crippen LogP contribution in [0.15, 0.2) is 0 Å². The van der Waals surface area contributed by atoms with E-state index in [-0.39, 0.29) is 94.4 Å². The molecule has 2 saturated carbocycles. The molecule has 5 fully saturated rings. The Morgan fingerprint density at radius 2 is 1.22 bits per heavy atom. The molecule has 13 atom stereocenters. The maximum atomic E-state index is 15.2. The number of fused-ring (bicyclic) bond motifs is 1. The molecule has 28 heteroatoms. The number of piperidine rings is 1. The molecular weight excluding hydrogens is 1320 g/mol. The summed E-state index contributed by atoms with van der Waals surface area (Å²) >= 11 is 6.37. The molecule has 5 aliphatic rings. The van der Waals surface area contributed by atoms with Gasteiger partial charge in [-0.25, -0.2) is 0 Å². The van der Waals surface area contributed by atoms with Crippen LogP contribution in [0.1, 0.15) is 211 Å². The van der Waals surface area contributed by atoms with E-state index in [4.69, 9.17) is 11.6 Å². The average Bonchev–Trinajstić information content (AvgIpc) is 1.39. The fourth-order valence-corrected chi connectivity index (χ4v) is 15.0. The standard InChI is InChI=1S/C72H120ClF3N12O12/c1-17-19-23-52-67(97)86(16)71(10,11)70(100)80-53(36-42(3)4)66(96)85(15)57(68(98)87-33-21-20-22-34-87)40-59(90)84(14)56(37-43(5)6)63(93)81-60(45(8)18-2)69(99)83(13)46(9)64(94)88-35-32-55(88)62(92)79-54(39-48-26-24-44(7)25-27-48)65(95)82(12)41-58(89)77-51(61(91)78-52)31-29-47-28-30-49(50(73)38-47)72(74,75)76/h42-57,60H,17-41H2,1-16H3,(H,77,89)(H,78,91)(H,79,92)(H,80,100)(H,81,93)/t44?,45-,46-,47?,48?,49?,50?,51-,52-,53-,54-,55-,56-,57-,60-/m0/s1. The fraction of sp³-hybridized carbons (Fsp3) is 0.833. The number of hydrogen-bond acceptors (Lipinski definition) is 12. The van der Waals surface area contributed by atoms with Gasteiger partial charge in [-0.3, -0.25) is 57.5 Å². The number of rotatable bonds is 15. The van der Waals surface area contributed by atoms with Gasteiger partial charge in [-0.05, 0) is 140 Å². The maximum Gasteiger partial charge on any atom is 0.393 e. The van der Waals surface area contributed by atoms with Crippen molar-refractivity contribution in [2.24, 2.45) is 41.4 Å². The minimum Gasteiger partial charge on any atom is -0.343 e. The van der Waals surface area contributed by atoms with Crippen molar-refractivity contribution in [2.75, 3.05) is 61.4 Å². The van der Waals surface area contributed by atoms with Gasteiger partial charge in [0.15, 0.2) is 0 Å². The van der Waals surface area contributed by atoms with Crippen LogP contribution in [0.2, 0.25) is 0 Å². The number of unbranched alkanes of at least 4 members (excludes halogenated alkanes) is 1. The third-order valence-electron chi connectivity index (χ3n) is 22.1. The number of halogens is 4. The van der Waals surface area contributed by atoms with Crippen LogP contribution in [0, 0.1) is 41.4 Å². The van der Waals surface area contributed by atoms with Crippen LogP contribution < -0.4 is 26.6 Å². The van der Waals surface area contributed by atoms with Gasteiger partial charge in [0.1, 0.15) is 59.9 Å². The second kappa shape index (κ2) is 37.8. The lowest BCUT2D eigenvalue weighted by Gasteiger charge is -2.43. The predicted octanol–water partition coefficient (Wildman–Crippen LogP) is 6.53. The highest BCUT2D eigenvalue weighted by Crippen LogP contribution is 2.44. The number of amides is 12. The summed E-state index contributed by atoms with van der Waals surface area (Å²) in [5.41, 5.74) is -1.75. The molecule has 0 aromatic heterocycles. The fourth-order valence-electron chi connectivity index (χ4n) is 14.5. The third-order valence-corrected chi connectivity index (χ3v) is 22.5. The van der Waals surface area contributed by atoms with Crippen molar-refractivity contribution in [1.29, 1.82) is 0 Å². The van der Waals surface area contributed by atoms with E-state index in [1.165, 1.54) is 70.7 Å². The van der Waals surface area contributed by atoms with Crippen LogP contribution in [0.3, 0.4) is 0 Å². The molecule has 0 aromatic carbocycles. The molecule has 0 spiro atoms. The van der Waals surface area contributed by atoms with Gasteiger partial charge in [0.05, 0.1) is 18.9 Å². The molecular formula is C72H120ClF3N12O12. The van der Waals surface area contributed by atoms with Crippen molar-refractivity contribution in [2.45, 2.75) is 282 Å². The number of nitrogens with zero attached hydrogens (tertiary/aromatic N) is 7. The van der Waals surface area contributed by atoms with Crippen molar-refractivity contribution >= 4 is 82.5 Å². The number of alkyl halides is 4. The maximum absolute atomic E-state index is 15.2. The van der Waals surface area contributed by atoms with Crippen LogP contribution in [-0.2, 0) is 57.5 Å². The Morgan fingerprint density at radius 1 is 0.610 bits per heavy atom. The van der Waals surface area contributed by atoms with Crippen LogP contribution >= 0.6 is 11.6 Å². The summed E-state index contributed by atoms with van der Waals surface area (Å²) in [6.45, 7) is 19.7. The quantitative estimate of drug-likeness (QED) is 0.109. The summed E-state index contributed by atoms with van der Waals surface area (Å²) in [4.78, 5) is 187. The normalized spacial score (nSPS) is 30.9. The second-order valence-electron chi connectivity index (χ2n) is 31.0. The van der Waals surface area contributed by atoms with E-state index < -0.39 is 167 Å². The van der Waals surface area contributed by atoms with Crippen molar-refractivity contribution in [1.82, 2.24) is 60.9 Å². The molecule has 3 aliphatic heterocycles. The summed E-state index contributed by atoms with van der Waals surface area (Å²) in [5, 5.41) is 13.0. The van der Waals surface area contributed by atoms with Crippen LogP contribution in [-0.4, -0.2) is 238 Å². The molecule has 0 aromatic rings. The molecule has 3 heterocycles. The lowest BCUT2D eigenvalue weighted by Crippen LogP contribution is -2.65. The van der Waals surface area contributed by atoms with Crippen LogP contribution in [0.5, 0.6) is 0 Å². The molecule has 100 heavy (non-hydrogen) atoms. The topological polar surface area (TPSA) is 288 Å². The third kappa shape index (κ3) is 22.6. The zero-order valence-electron chi connectivity index (χ0n) is 62.5. The molecule has 2 aliphatic carbocycles. The first-order valence-corrected chi connectivity index (χ1v) is 37.3. The van der Waals surface area contributed by atoms with E-state index in [0.29, 0.717) is 51.1 Å². The molecule has 3 saturated heterocycles. The first-order valence-electron chi connectivity index (χ1n) is 36.9. The minimum atomic E-state index is -4.52. The first-order chi connectivity index (χ1) is 46.7. The van der Waals surface area contributed by atoms with Gasteiger partial charge in [0, 0.05) is 60.2 Å². The van der Waals surface area contributed by atoms with Gasteiger partial charge in [-0.1, -0.05) is 100 Å². The SMILES string of the molecule is CCCC[C@@H]1NC(=O)[C@H](CCC2CCC(C(F)(F)F)C(Cl)C2)NC(=O)CN(C)C(=O)[C@H](CC2CCC(C)CC2)NC(=O)[C@@H]2CCN2C(=O)[C@H](C)N(C)C(=O)[C@H]([C@@H](C)CC)NC(=O)[C@H](CC(C)C)N(C)C(=O)C[C@@H](C(=O)N2CCCCC2)N(C)C(=O)[C@H](CC(C)C)NC(=O)C(C)(C)N(C)C1=O. The molecule has 568 valence electrons. The molecule has 5 rings (SSSR count). The van der Waals surface area contributed by atoms with Crippen molar-refractivity contribution < 1.29 is 70.7 Å². The van der Waals surface area contributed by atoms with Crippen LogP contribution in [0.4, 0.5) is 13.2 Å².